The third-order valence-electron chi connectivity index (χ3n) is 17.9. The molecule has 0 fully saturated rings. The normalized spacial score (nSPS) is 10.1. The number of carbonyl (C=O) groups excluding carboxylic acids is 4. The van der Waals surface area contributed by atoms with Crippen molar-refractivity contribution in [1.29, 1.82) is 0 Å². The summed E-state index contributed by atoms with van der Waals surface area (Å²) in [7, 11) is 4.45. The molecule has 34 heteroatoms. The van der Waals surface area contributed by atoms with Crippen LogP contribution in [-0.2, 0) is 74.4 Å². The average Bonchev–Trinajstić information content (AvgIpc) is 0.872. The third-order valence-corrected chi connectivity index (χ3v) is 18.1. The summed E-state index contributed by atoms with van der Waals surface area (Å²) in [6.45, 7) is 47.7. The van der Waals surface area contributed by atoms with E-state index in [9.17, 15) is 69.2 Å². The zero-order chi connectivity index (χ0) is 82.7. The molecule has 0 aliphatic rings. The number of nitrogen functional groups attached to an aromatic ring is 2. The molecule has 5 aromatic carbocycles. The van der Waals surface area contributed by atoms with Crippen LogP contribution in [0.25, 0.3) is 0 Å². The molecule has 0 heterocycles. The molecule has 5 rings (SSSR count). The van der Waals surface area contributed by atoms with Gasteiger partial charge in [0.1, 0.15) is 25.5 Å². The van der Waals surface area contributed by atoms with Gasteiger partial charge in [0.2, 0.25) is 0 Å². The van der Waals surface area contributed by atoms with Crippen LogP contribution in [0.2, 0.25) is 0 Å². The number of nitro benzene ring substituents is 4. The number of nitro groups is 4. The van der Waals surface area contributed by atoms with Crippen LogP contribution in [0.5, 0.6) is 0 Å². The van der Waals surface area contributed by atoms with Gasteiger partial charge < -0.3 is 89.2 Å². The maximum Gasteiger partial charge on any atom is -1.00 e. The van der Waals surface area contributed by atoms with E-state index in [-0.39, 0.29) is 109 Å². The van der Waals surface area contributed by atoms with E-state index in [0.29, 0.717) is 63.3 Å². The minimum absolute atomic E-state index is 0. The molecule has 0 amide bonds. The molecule has 7 N–H and O–H groups in total. The molecule has 28 nitrogen and oxygen atoms in total. The Balaban J connectivity index is -0.000000187. The zero-order valence-corrected chi connectivity index (χ0v) is 73.4. The van der Waals surface area contributed by atoms with E-state index in [1.165, 1.54) is 60.7 Å². The van der Waals surface area contributed by atoms with Crippen molar-refractivity contribution in [2.75, 3.05) is 148 Å². The maximum absolute atomic E-state index is 12.2. The van der Waals surface area contributed by atoms with Gasteiger partial charge in [-0.1, -0.05) is 97.5 Å². The number of aliphatic carboxylic acids is 2. The van der Waals surface area contributed by atoms with Crippen molar-refractivity contribution in [3.63, 3.8) is 0 Å². The van der Waals surface area contributed by atoms with Crippen LogP contribution in [0.15, 0.2) is 121 Å². The van der Waals surface area contributed by atoms with E-state index >= 15 is 0 Å². The Morgan fingerprint density at radius 3 is 0.739 bits per heavy atom. The van der Waals surface area contributed by atoms with E-state index < -0.39 is 31.6 Å². The summed E-state index contributed by atoms with van der Waals surface area (Å²) in [6.07, 6.45) is 1.53. The number of hydrogen-bond donors (Lipinski definition) is 5. The first-order valence-corrected chi connectivity index (χ1v) is 38.5. The number of anilines is 2. The molecule has 0 saturated heterocycles. The average molecular weight is 1850 g/mol. The van der Waals surface area contributed by atoms with Gasteiger partial charge in [0.15, 0.2) is 23.1 Å². The summed E-state index contributed by atoms with van der Waals surface area (Å²) in [5.74, 6) is -1.22. The van der Waals surface area contributed by atoms with Crippen molar-refractivity contribution in [3.05, 3.63) is 184 Å². The fourth-order valence-electron chi connectivity index (χ4n) is 10.3. The Hall–Kier alpha value is -6.69. The molecule has 0 saturated carbocycles. The molecule has 0 unspecified atom stereocenters. The molecular formula is C77H126AgCl4IN12O16. The third kappa shape index (κ3) is 56.2. The summed E-state index contributed by atoms with van der Waals surface area (Å²) in [6, 6.07) is 31.9. The number of benzene rings is 5. The Kier molecular flexibility index (Phi) is 76.9. The number of quaternary nitrogens is 3. The van der Waals surface area contributed by atoms with Crippen molar-refractivity contribution >= 4 is 90.0 Å². The van der Waals surface area contributed by atoms with Crippen molar-refractivity contribution in [1.82, 2.24) is 15.1 Å². The topological polar surface area (TPSA) is 386 Å². The number of non-ortho nitro benzene ring substituents is 4. The largest absolute Gasteiger partial charge is 1.00 e. The molecule has 0 radical (unpaired) electrons. The molecule has 0 spiro atoms. The Morgan fingerprint density at radius 2 is 0.577 bits per heavy atom. The second kappa shape index (κ2) is 71.1. The Labute approximate surface area is 710 Å². The summed E-state index contributed by atoms with van der Waals surface area (Å²) in [4.78, 5) is 111. The number of carbonyl (C=O) groups is 6. The van der Waals surface area contributed by atoms with Crippen LogP contribution in [0.4, 0.5) is 34.1 Å². The second-order valence-electron chi connectivity index (χ2n) is 24.4. The number of nitrogens with zero attached hydrogens (tertiary/aromatic N) is 9. The molecule has 0 atom stereocenters. The molecule has 111 heavy (non-hydrogen) atoms. The van der Waals surface area contributed by atoms with Gasteiger partial charge in [-0.2, -0.15) is 0 Å². The van der Waals surface area contributed by atoms with E-state index in [1.54, 1.807) is 36.4 Å². The van der Waals surface area contributed by atoms with Gasteiger partial charge in [0.05, 0.1) is 91.7 Å². The van der Waals surface area contributed by atoms with Crippen LogP contribution >= 0.6 is 20.8 Å². The minimum atomic E-state index is -0.980. The Morgan fingerprint density at radius 1 is 0.387 bits per heavy atom. The predicted molar refractivity (Wildman–Crippen MR) is 431 cm³/mol. The van der Waals surface area contributed by atoms with Gasteiger partial charge in [-0.3, -0.25) is 79.0 Å². The molecule has 0 aliphatic heterocycles. The molecule has 0 aromatic heterocycles. The van der Waals surface area contributed by atoms with Crippen LogP contribution in [0, 0.1) is 40.5 Å². The molecule has 0 aliphatic carbocycles. The van der Waals surface area contributed by atoms with Crippen LogP contribution in [0.3, 0.4) is 0 Å². The van der Waals surface area contributed by atoms with Gasteiger partial charge in [0.25, 0.3) is 22.7 Å². The minimum Gasteiger partial charge on any atom is -1.00 e. The number of nitrogens with one attached hydrogen (secondary N) is 1. The molecule has 0 bridgehead atoms. The van der Waals surface area contributed by atoms with Crippen LogP contribution < -0.4 is 65.6 Å². The number of Topliss-reactive ketones (excluding diaryl/α,β-unsaturated/α-hetero) is 4. The maximum atomic E-state index is 12.2. The monoisotopic (exact) mass is 1850 g/mol. The van der Waals surface area contributed by atoms with E-state index in [0.717, 1.165) is 140 Å². The van der Waals surface area contributed by atoms with Crippen molar-refractivity contribution in [2.24, 2.45) is 0 Å². The Bertz CT molecular complexity index is 3210. The van der Waals surface area contributed by atoms with Crippen molar-refractivity contribution in [2.45, 2.75) is 137 Å². The van der Waals surface area contributed by atoms with Crippen molar-refractivity contribution in [3.8, 4) is 0 Å². The quantitative estimate of drug-likeness (QED) is 0.00698. The first-order valence-electron chi connectivity index (χ1n) is 36.0. The van der Waals surface area contributed by atoms with E-state index in [2.05, 4.69) is 111 Å². The molecular weight excluding hydrogens is 1730 g/mol. The van der Waals surface area contributed by atoms with Crippen LogP contribution in [-0.4, -0.2) is 225 Å². The number of ketones is 4. The predicted octanol–water partition coefficient (Wildman–Crippen LogP) is 4.32. The standard InChI is InChI=1S/2C15H23N2O3.C15H25N2O.C13H18N2O3.C6H6N2O2.C6H13NO2.C4H11N.C2H3ClO2.CH4.Ag.3ClH.HI/c2*1-4-17(5-2,6-3)12-15(18)11-13-7-9-14(10-8-13)16(19)20;1-4-17(5-2,6-3)12-15(18)11-13-7-9-14(16)10-8-13;1-3-14(4-2)10-13(16)9-11-5-7-12(8-6-11)15(17)18;7-5-1-3-6(4-2-5)8(9)10;1-3-7(4-2)5-6(8)9;1-3-5-4-2;3-1-2(4)5;;;;;;/h2*7-10H,4-6,11-12H2,1-3H3;7-10H,4-6,11-12,16H2,1-3H3;5-8H,3-4,9-10H2,1-2H3;1-4H,7H2;3-5H2,1-2H3,(H,8,9);5H,3-4H2,1-2H3;1H2,(H,4,5);1H4;;4*1H/q3*+1;;;;;;;+1;;;;/p-4. The number of carboxylic acids is 2. The van der Waals surface area contributed by atoms with Gasteiger partial charge in [-0.05, 0) is 148 Å². The first kappa shape index (κ1) is 120. The van der Waals surface area contributed by atoms with Gasteiger partial charge in [-0.15, -0.1) is 11.6 Å². The number of alkyl halides is 1. The number of likely N-dealkylation sites (N-methyl/N-ethyl adjacent to an activating group) is 5. The number of carboxylic acid groups (broad SMARTS) is 2. The fraction of sp³-hybridized carbons (Fsp3) is 0.532. The SMILES string of the molecule is C.CCN(CC)CC(=O)Cc1ccc([N+](=O)[O-])cc1.CCN(CC)CC(=O)O.CCNCC.CC[N+](CC)(CC)CC(=O)Cc1ccc(N)cc1.CC[N+](CC)(CC)CC(=O)Cc1ccc([N+](=O)[O-])cc1.CC[N+](CC)(CC)CC(=O)Cc1ccc([N+](=O)[O-])cc1.Nc1ccc([N+](=O)[O-])cc1.O=C(O)CCl.[Cl-].[Cl-].[Cl][Ag].[I-]. The van der Waals surface area contributed by atoms with E-state index in [1.807, 2.05) is 61.8 Å². The zero-order valence-electron chi connectivity index (χ0n) is 66.7. The number of rotatable bonds is 38. The smallest absolute Gasteiger partial charge is 1.00 e. The second-order valence-corrected chi connectivity index (χ2v) is 24.6. The van der Waals surface area contributed by atoms with Gasteiger partial charge in [0, 0.05) is 85.6 Å². The number of halogens is 5. The van der Waals surface area contributed by atoms with Gasteiger partial charge in [-0.25, -0.2) is 0 Å². The summed E-state index contributed by atoms with van der Waals surface area (Å²) in [5, 5.41) is 60.7. The number of hydrogen-bond acceptors (Lipinski definition) is 19. The van der Waals surface area contributed by atoms with Crippen molar-refractivity contribution < 1.29 is 141 Å². The molecule has 5 aromatic rings. The van der Waals surface area contributed by atoms with E-state index in [4.69, 9.17) is 33.3 Å². The first-order chi connectivity index (χ1) is 50.6. The molecule has 636 valence electrons. The summed E-state index contributed by atoms with van der Waals surface area (Å²) < 4.78 is 2.48. The summed E-state index contributed by atoms with van der Waals surface area (Å²) >= 11 is 7.16. The summed E-state index contributed by atoms with van der Waals surface area (Å²) in [5.41, 5.74) is 16.0. The number of nitrogens with two attached hydrogens (primary N) is 2. The van der Waals surface area contributed by atoms with Crippen LogP contribution in [0.1, 0.15) is 134 Å². The van der Waals surface area contributed by atoms with Gasteiger partial charge >= 0.3 is 41.1 Å². The fourth-order valence-corrected chi connectivity index (χ4v) is 10.3.